The van der Waals surface area contributed by atoms with E-state index in [1.54, 1.807) is 18.3 Å². The lowest BCUT2D eigenvalue weighted by Crippen LogP contribution is -2.35. The molecule has 2 atom stereocenters. The van der Waals surface area contributed by atoms with Crippen molar-refractivity contribution in [3.8, 4) is 0 Å². The van der Waals surface area contributed by atoms with Gasteiger partial charge in [0.25, 0.3) is 0 Å². The zero-order valence-electron chi connectivity index (χ0n) is 11.0. The molecule has 5 nitrogen and oxygen atoms in total. The quantitative estimate of drug-likeness (QED) is 0.773. The van der Waals surface area contributed by atoms with Crippen LogP contribution in [0.15, 0.2) is 12.1 Å². The minimum atomic E-state index is -1.11. The number of hydrogen-bond donors (Lipinski definition) is 3. The SMILES string of the molecule is CC(NC(=O)O)C(O)c1ccc(CN2CCCC2)s1. The molecule has 0 saturated carbocycles. The maximum Gasteiger partial charge on any atom is 0.404 e. The average molecular weight is 284 g/mol. The van der Waals surface area contributed by atoms with E-state index in [2.05, 4.69) is 10.2 Å². The average Bonchev–Trinajstić information content (AvgIpc) is 2.99. The number of aliphatic hydroxyl groups is 1. The summed E-state index contributed by atoms with van der Waals surface area (Å²) in [5.41, 5.74) is 0. The molecule has 1 aromatic rings. The van der Waals surface area contributed by atoms with Crippen LogP contribution in [0.5, 0.6) is 0 Å². The van der Waals surface area contributed by atoms with Gasteiger partial charge < -0.3 is 15.5 Å². The molecule has 1 aliphatic rings. The number of aliphatic hydroxyl groups excluding tert-OH is 1. The molecule has 1 aliphatic heterocycles. The Morgan fingerprint density at radius 2 is 2.16 bits per heavy atom. The van der Waals surface area contributed by atoms with Crippen LogP contribution >= 0.6 is 11.3 Å². The molecular weight excluding hydrogens is 264 g/mol. The number of likely N-dealkylation sites (tertiary alicyclic amines) is 1. The molecule has 0 radical (unpaired) electrons. The van der Waals surface area contributed by atoms with Gasteiger partial charge in [-0.25, -0.2) is 4.79 Å². The number of nitrogens with zero attached hydrogens (tertiary/aromatic N) is 1. The van der Waals surface area contributed by atoms with Gasteiger partial charge in [-0.1, -0.05) is 0 Å². The number of carboxylic acid groups (broad SMARTS) is 1. The van der Waals surface area contributed by atoms with Crippen LogP contribution in [0.1, 0.15) is 35.6 Å². The van der Waals surface area contributed by atoms with Crippen molar-refractivity contribution < 1.29 is 15.0 Å². The summed E-state index contributed by atoms with van der Waals surface area (Å²) in [6, 6.07) is 3.41. The Bertz CT molecular complexity index is 429. The highest BCUT2D eigenvalue weighted by Gasteiger charge is 2.20. The van der Waals surface area contributed by atoms with Crippen LogP contribution in [-0.2, 0) is 6.54 Å². The lowest BCUT2D eigenvalue weighted by molar-refractivity contribution is 0.130. The van der Waals surface area contributed by atoms with E-state index in [9.17, 15) is 9.90 Å². The molecule has 6 heteroatoms. The summed E-state index contributed by atoms with van der Waals surface area (Å²) >= 11 is 1.56. The number of hydrogen-bond acceptors (Lipinski definition) is 4. The highest BCUT2D eigenvalue weighted by atomic mass is 32.1. The summed E-state index contributed by atoms with van der Waals surface area (Å²) < 4.78 is 0. The van der Waals surface area contributed by atoms with Crippen molar-refractivity contribution in [2.45, 2.75) is 38.5 Å². The third-order valence-corrected chi connectivity index (χ3v) is 4.52. The van der Waals surface area contributed by atoms with Crippen molar-refractivity contribution in [2.75, 3.05) is 13.1 Å². The predicted octanol–water partition coefficient (Wildman–Crippen LogP) is 2.03. The Morgan fingerprint density at radius 3 is 2.79 bits per heavy atom. The lowest BCUT2D eigenvalue weighted by atomic mass is 10.1. The second-order valence-corrected chi connectivity index (χ2v) is 6.17. The van der Waals surface area contributed by atoms with Gasteiger partial charge in [0.2, 0.25) is 0 Å². The Balaban J connectivity index is 1.93. The van der Waals surface area contributed by atoms with E-state index in [1.165, 1.54) is 17.7 Å². The topological polar surface area (TPSA) is 72.8 Å². The van der Waals surface area contributed by atoms with E-state index in [-0.39, 0.29) is 0 Å². The third kappa shape index (κ3) is 3.92. The highest BCUT2D eigenvalue weighted by Crippen LogP contribution is 2.27. The van der Waals surface area contributed by atoms with E-state index in [4.69, 9.17) is 5.11 Å². The first kappa shape index (κ1) is 14.3. The first-order valence-electron chi connectivity index (χ1n) is 6.55. The van der Waals surface area contributed by atoms with E-state index in [1.807, 2.05) is 12.1 Å². The minimum Gasteiger partial charge on any atom is -0.465 e. The van der Waals surface area contributed by atoms with Crippen LogP contribution < -0.4 is 5.32 Å². The minimum absolute atomic E-state index is 0.504. The molecule has 1 aromatic heterocycles. The second kappa shape index (κ2) is 6.36. The molecule has 2 heterocycles. The van der Waals surface area contributed by atoms with E-state index < -0.39 is 18.2 Å². The summed E-state index contributed by atoms with van der Waals surface area (Å²) in [5.74, 6) is 0. The Hall–Kier alpha value is -1.11. The molecule has 1 saturated heterocycles. The molecule has 0 aliphatic carbocycles. The van der Waals surface area contributed by atoms with Gasteiger partial charge in [-0.05, 0) is 45.0 Å². The summed E-state index contributed by atoms with van der Waals surface area (Å²) in [6.07, 6.45) is 0.634. The van der Waals surface area contributed by atoms with Crippen LogP contribution in [0, 0.1) is 0 Å². The lowest BCUT2D eigenvalue weighted by Gasteiger charge is -2.17. The number of carbonyl (C=O) groups is 1. The molecule has 3 N–H and O–H groups in total. The molecule has 1 fully saturated rings. The number of nitrogens with one attached hydrogen (secondary N) is 1. The maximum atomic E-state index is 10.6. The Labute approximate surface area is 116 Å². The summed E-state index contributed by atoms with van der Waals surface area (Å²) in [4.78, 5) is 15.0. The van der Waals surface area contributed by atoms with Crippen molar-refractivity contribution in [1.82, 2.24) is 10.2 Å². The van der Waals surface area contributed by atoms with Crippen molar-refractivity contribution in [2.24, 2.45) is 0 Å². The molecular formula is C13H20N2O3S. The van der Waals surface area contributed by atoms with Gasteiger partial charge in [0.05, 0.1) is 6.04 Å². The van der Waals surface area contributed by atoms with Crippen LogP contribution in [0.2, 0.25) is 0 Å². The molecule has 106 valence electrons. The second-order valence-electron chi connectivity index (χ2n) is 4.97. The normalized spacial score (nSPS) is 19.3. The third-order valence-electron chi connectivity index (χ3n) is 3.38. The summed E-state index contributed by atoms with van der Waals surface area (Å²) in [5, 5.41) is 21.0. The monoisotopic (exact) mass is 284 g/mol. The van der Waals surface area contributed by atoms with Crippen molar-refractivity contribution in [1.29, 1.82) is 0 Å². The summed E-state index contributed by atoms with van der Waals surface area (Å²) in [6.45, 7) is 4.89. The van der Waals surface area contributed by atoms with Crippen molar-refractivity contribution in [3.05, 3.63) is 21.9 Å². The molecule has 0 bridgehead atoms. The largest absolute Gasteiger partial charge is 0.465 e. The summed E-state index contributed by atoms with van der Waals surface area (Å²) in [7, 11) is 0. The number of amides is 1. The van der Waals surface area contributed by atoms with Gasteiger partial charge in [-0.15, -0.1) is 11.3 Å². The van der Waals surface area contributed by atoms with Crippen LogP contribution in [0.4, 0.5) is 4.79 Å². The van der Waals surface area contributed by atoms with E-state index in [0.29, 0.717) is 0 Å². The molecule has 2 rings (SSSR count). The molecule has 19 heavy (non-hydrogen) atoms. The maximum absolute atomic E-state index is 10.6. The van der Waals surface area contributed by atoms with Gasteiger partial charge in [0, 0.05) is 16.3 Å². The standard InChI is InChI=1S/C13H20N2O3S/c1-9(14-13(17)18)12(16)11-5-4-10(19-11)8-15-6-2-3-7-15/h4-5,9,12,14,16H,2-3,6-8H2,1H3,(H,17,18). The van der Waals surface area contributed by atoms with Crippen LogP contribution in [0.25, 0.3) is 0 Å². The molecule has 2 unspecified atom stereocenters. The van der Waals surface area contributed by atoms with Gasteiger partial charge in [-0.2, -0.15) is 0 Å². The first-order chi connectivity index (χ1) is 9.06. The Morgan fingerprint density at radius 1 is 1.47 bits per heavy atom. The fraction of sp³-hybridized carbons (Fsp3) is 0.615. The molecule has 0 spiro atoms. The fourth-order valence-electron chi connectivity index (χ4n) is 2.32. The fourth-order valence-corrected chi connectivity index (χ4v) is 3.47. The number of rotatable bonds is 5. The highest BCUT2D eigenvalue weighted by molar-refractivity contribution is 7.12. The van der Waals surface area contributed by atoms with Crippen molar-refractivity contribution >= 4 is 17.4 Å². The number of thiophene rings is 1. The zero-order valence-corrected chi connectivity index (χ0v) is 11.8. The van der Waals surface area contributed by atoms with Gasteiger partial charge in [-0.3, -0.25) is 4.90 Å². The van der Waals surface area contributed by atoms with Crippen LogP contribution in [0.3, 0.4) is 0 Å². The van der Waals surface area contributed by atoms with Crippen LogP contribution in [-0.4, -0.2) is 40.3 Å². The van der Waals surface area contributed by atoms with Crippen molar-refractivity contribution in [3.63, 3.8) is 0 Å². The smallest absolute Gasteiger partial charge is 0.404 e. The van der Waals surface area contributed by atoms with Gasteiger partial charge in [0.1, 0.15) is 6.10 Å². The van der Waals surface area contributed by atoms with Gasteiger partial charge >= 0.3 is 6.09 Å². The van der Waals surface area contributed by atoms with Gasteiger partial charge in [0.15, 0.2) is 0 Å². The van der Waals surface area contributed by atoms with E-state index >= 15 is 0 Å². The first-order valence-corrected chi connectivity index (χ1v) is 7.36. The predicted molar refractivity (Wildman–Crippen MR) is 74.4 cm³/mol. The Kier molecular flexibility index (Phi) is 4.79. The van der Waals surface area contributed by atoms with E-state index in [0.717, 1.165) is 24.5 Å². The molecule has 1 amide bonds. The molecule has 0 aromatic carbocycles. The zero-order chi connectivity index (χ0) is 13.8.